The second-order valence-electron chi connectivity index (χ2n) is 7.15. The van der Waals surface area contributed by atoms with Crippen LogP contribution < -0.4 is 10.2 Å². The fourth-order valence-corrected chi connectivity index (χ4v) is 4.14. The predicted octanol–water partition coefficient (Wildman–Crippen LogP) is 3.91. The van der Waals surface area contributed by atoms with Gasteiger partial charge >= 0.3 is 0 Å². The molecule has 0 saturated carbocycles. The van der Waals surface area contributed by atoms with Crippen molar-refractivity contribution >= 4 is 39.9 Å². The van der Waals surface area contributed by atoms with Crippen molar-refractivity contribution in [3.63, 3.8) is 0 Å². The highest BCUT2D eigenvalue weighted by Gasteiger charge is 2.21. The van der Waals surface area contributed by atoms with Crippen LogP contribution in [-0.2, 0) is 11.2 Å². The zero-order valence-electron chi connectivity index (χ0n) is 16.2. The molecular weight excluding hydrogens is 400 g/mol. The van der Waals surface area contributed by atoms with E-state index < -0.39 is 0 Å². The average molecular weight is 420 g/mol. The summed E-state index contributed by atoms with van der Waals surface area (Å²) in [4.78, 5) is 28.6. The van der Waals surface area contributed by atoms with Crippen LogP contribution in [0, 0.1) is 0 Å². The molecule has 8 nitrogen and oxygen atoms in total. The van der Waals surface area contributed by atoms with Gasteiger partial charge in [-0.1, -0.05) is 17.3 Å². The van der Waals surface area contributed by atoms with Gasteiger partial charge in [-0.25, -0.2) is 9.97 Å². The highest BCUT2D eigenvalue weighted by atomic mass is 32.1. The van der Waals surface area contributed by atoms with Gasteiger partial charge in [0.15, 0.2) is 11.6 Å². The molecule has 0 bridgehead atoms. The van der Waals surface area contributed by atoms with Gasteiger partial charge in [0.25, 0.3) is 0 Å². The van der Waals surface area contributed by atoms with Gasteiger partial charge in [0.1, 0.15) is 0 Å². The summed E-state index contributed by atoms with van der Waals surface area (Å²) in [5.41, 5.74) is 2.50. The van der Waals surface area contributed by atoms with Crippen LogP contribution in [-0.4, -0.2) is 39.1 Å². The zero-order valence-corrected chi connectivity index (χ0v) is 17.1. The maximum atomic E-state index is 12.6. The Kier molecular flexibility index (Phi) is 5.10. The lowest BCUT2D eigenvalue weighted by Crippen LogP contribution is -2.23. The maximum Gasteiger partial charge on any atom is 0.227 e. The van der Waals surface area contributed by atoms with Crippen molar-refractivity contribution < 1.29 is 9.32 Å². The summed E-state index contributed by atoms with van der Waals surface area (Å²) >= 11 is 1.57. The molecule has 1 aromatic carbocycles. The third-order valence-corrected chi connectivity index (χ3v) is 5.71. The number of benzene rings is 1. The van der Waals surface area contributed by atoms with Gasteiger partial charge in [0, 0.05) is 36.9 Å². The number of aryl methyl sites for hydroxylation is 1. The number of anilines is 2. The fourth-order valence-electron chi connectivity index (χ4n) is 3.50. The number of nitrogens with zero attached hydrogens (tertiary/aromatic N) is 5. The number of hydrogen-bond acceptors (Lipinski definition) is 8. The van der Waals surface area contributed by atoms with Crippen molar-refractivity contribution in [2.75, 3.05) is 23.3 Å². The molecule has 9 heteroatoms. The van der Waals surface area contributed by atoms with E-state index in [2.05, 4.69) is 25.3 Å². The first-order valence-electron chi connectivity index (χ1n) is 9.93. The first-order chi connectivity index (χ1) is 14.8. The van der Waals surface area contributed by atoms with E-state index in [0.29, 0.717) is 24.0 Å². The van der Waals surface area contributed by atoms with E-state index in [-0.39, 0.29) is 12.3 Å². The molecule has 1 fully saturated rings. The molecule has 0 aliphatic carbocycles. The van der Waals surface area contributed by atoms with E-state index in [1.165, 1.54) is 0 Å². The Hall–Kier alpha value is -3.33. The number of carbonyl (C=O) groups is 1. The summed E-state index contributed by atoms with van der Waals surface area (Å²) in [6, 6.07) is 9.63. The minimum atomic E-state index is -0.157. The number of hydrogen-bond donors (Lipinski definition) is 1. The van der Waals surface area contributed by atoms with Crippen LogP contribution in [0.2, 0.25) is 0 Å². The van der Waals surface area contributed by atoms with Crippen LogP contribution in [0.1, 0.15) is 25.2 Å². The Bertz CT molecular complexity index is 1170. The molecule has 1 amide bonds. The summed E-state index contributed by atoms with van der Waals surface area (Å²) in [5, 5.41) is 10.8. The van der Waals surface area contributed by atoms with E-state index in [1.54, 1.807) is 11.3 Å². The Morgan fingerprint density at radius 2 is 1.90 bits per heavy atom. The monoisotopic (exact) mass is 420 g/mol. The molecule has 0 unspecified atom stereocenters. The van der Waals surface area contributed by atoms with Gasteiger partial charge in [0.2, 0.25) is 17.6 Å². The van der Waals surface area contributed by atoms with Gasteiger partial charge in [-0.05, 0) is 36.4 Å². The molecular formula is C21H20N6O2S. The van der Waals surface area contributed by atoms with Crippen LogP contribution in [0.15, 0.2) is 45.6 Å². The van der Waals surface area contributed by atoms with Crippen LogP contribution in [0.25, 0.3) is 22.4 Å². The molecule has 1 N–H and O–H groups in total. The van der Waals surface area contributed by atoms with Gasteiger partial charge < -0.3 is 14.7 Å². The van der Waals surface area contributed by atoms with Crippen LogP contribution in [0.3, 0.4) is 0 Å². The summed E-state index contributed by atoms with van der Waals surface area (Å²) in [5.74, 6) is 2.07. The minimum absolute atomic E-state index is 0.157. The summed E-state index contributed by atoms with van der Waals surface area (Å²) in [6.07, 6.45) is 2.82. The normalized spacial score (nSPS) is 13.8. The first-order valence-corrected chi connectivity index (χ1v) is 10.9. The average Bonchev–Trinajstić information content (AvgIpc) is 3.54. The van der Waals surface area contributed by atoms with E-state index in [9.17, 15) is 4.79 Å². The van der Waals surface area contributed by atoms with Gasteiger partial charge in [0.05, 0.1) is 11.0 Å². The van der Waals surface area contributed by atoms with Crippen LogP contribution in [0.4, 0.5) is 11.6 Å². The topological polar surface area (TPSA) is 97.0 Å². The largest absolute Gasteiger partial charge is 0.354 e. The second kappa shape index (κ2) is 8.19. The number of para-hydroxylation sites is 2. The Balaban J connectivity index is 1.31. The SMILES string of the molecule is O=C(CCc1nc(-c2ccsc2)no1)Nc1nc2ccccc2nc1N1CCCC1. The zero-order chi connectivity index (χ0) is 20.3. The maximum absolute atomic E-state index is 12.6. The number of carbonyl (C=O) groups excluding carboxylic acids is 1. The molecule has 0 radical (unpaired) electrons. The molecule has 0 atom stereocenters. The third kappa shape index (κ3) is 3.88. The second-order valence-corrected chi connectivity index (χ2v) is 7.93. The van der Waals surface area contributed by atoms with Gasteiger partial charge in [-0.2, -0.15) is 16.3 Å². The third-order valence-electron chi connectivity index (χ3n) is 5.03. The quantitative estimate of drug-likeness (QED) is 0.505. The number of rotatable bonds is 6. The van der Waals surface area contributed by atoms with Crippen molar-refractivity contribution in [2.45, 2.75) is 25.7 Å². The highest BCUT2D eigenvalue weighted by Crippen LogP contribution is 2.28. The molecule has 1 aliphatic rings. The van der Waals surface area contributed by atoms with E-state index in [0.717, 1.165) is 48.3 Å². The molecule has 4 aromatic rings. The summed E-state index contributed by atoms with van der Waals surface area (Å²) < 4.78 is 5.28. The van der Waals surface area contributed by atoms with Gasteiger partial charge in [-0.15, -0.1) is 0 Å². The number of amides is 1. The molecule has 1 aliphatic heterocycles. The van der Waals surface area contributed by atoms with E-state index >= 15 is 0 Å². The minimum Gasteiger partial charge on any atom is -0.354 e. The van der Waals surface area contributed by atoms with E-state index in [1.807, 2.05) is 41.1 Å². The molecule has 30 heavy (non-hydrogen) atoms. The molecule has 152 valence electrons. The standard InChI is InChI=1S/C21H20N6O2S/c28-17(7-8-18-25-19(26-29-18)14-9-12-30-13-14)24-20-21(27-10-3-4-11-27)23-16-6-2-1-5-15(16)22-20/h1-2,5-6,9,12-13H,3-4,7-8,10-11H2,(H,22,24,28). The fraction of sp³-hybridized carbons (Fsp3) is 0.286. The van der Waals surface area contributed by atoms with Crippen LogP contribution in [0.5, 0.6) is 0 Å². The van der Waals surface area contributed by atoms with Crippen molar-refractivity contribution in [1.29, 1.82) is 0 Å². The lowest BCUT2D eigenvalue weighted by atomic mass is 10.2. The Morgan fingerprint density at radius 1 is 1.10 bits per heavy atom. The lowest BCUT2D eigenvalue weighted by molar-refractivity contribution is -0.116. The predicted molar refractivity (Wildman–Crippen MR) is 116 cm³/mol. The number of fused-ring (bicyclic) bond motifs is 1. The first kappa shape index (κ1) is 18.7. The molecule has 3 aromatic heterocycles. The number of nitrogens with one attached hydrogen (secondary N) is 1. The Morgan fingerprint density at radius 3 is 2.67 bits per heavy atom. The van der Waals surface area contributed by atoms with Crippen molar-refractivity contribution in [2.24, 2.45) is 0 Å². The lowest BCUT2D eigenvalue weighted by Gasteiger charge is -2.20. The number of thiophene rings is 1. The van der Waals surface area contributed by atoms with Gasteiger partial charge in [-0.3, -0.25) is 4.79 Å². The molecule has 0 spiro atoms. The smallest absolute Gasteiger partial charge is 0.227 e. The molecule has 4 heterocycles. The highest BCUT2D eigenvalue weighted by molar-refractivity contribution is 7.08. The van der Waals surface area contributed by atoms with Crippen molar-refractivity contribution in [1.82, 2.24) is 20.1 Å². The summed E-state index contributed by atoms with van der Waals surface area (Å²) in [6.45, 7) is 1.84. The summed E-state index contributed by atoms with van der Waals surface area (Å²) in [7, 11) is 0. The van der Waals surface area contributed by atoms with Crippen LogP contribution >= 0.6 is 11.3 Å². The van der Waals surface area contributed by atoms with Crippen molar-refractivity contribution in [3.8, 4) is 11.4 Å². The molecule has 1 saturated heterocycles. The molecule has 5 rings (SSSR count). The Labute approximate surface area is 177 Å². The number of aromatic nitrogens is 4. The van der Waals surface area contributed by atoms with E-state index in [4.69, 9.17) is 9.51 Å². The van der Waals surface area contributed by atoms with Crippen molar-refractivity contribution in [3.05, 3.63) is 47.0 Å².